The Morgan fingerprint density at radius 2 is 1.57 bits per heavy atom. The third kappa shape index (κ3) is 15.9. The summed E-state index contributed by atoms with van der Waals surface area (Å²) in [6.45, 7) is 0.549. The molecular formula is C6H12Cl2NNaO3S. The van der Waals surface area contributed by atoms with Gasteiger partial charge in [-0.15, -0.1) is 3.94 Å². The molecule has 0 fully saturated rings. The largest absolute Gasteiger partial charge is 1.00 e. The van der Waals surface area contributed by atoms with E-state index in [1.807, 2.05) is 0 Å². The Morgan fingerprint density at radius 1 is 1.07 bits per heavy atom. The van der Waals surface area contributed by atoms with Gasteiger partial charge in [-0.25, -0.2) is 8.42 Å². The van der Waals surface area contributed by atoms with E-state index in [4.69, 9.17) is 23.6 Å². The molecule has 8 heteroatoms. The third-order valence-electron chi connectivity index (χ3n) is 1.47. The number of halogens is 2. The van der Waals surface area contributed by atoms with Crippen LogP contribution in [0.25, 0.3) is 0 Å². The van der Waals surface area contributed by atoms with E-state index in [2.05, 4.69) is 0 Å². The van der Waals surface area contributed by atoms with E-state index in [1.54, 1.807) is 0 Å². The summed E-state index contributed by atoms with van der Waals surface area (Å²) in [7, 11) is -4.04. The summed E-state index contributed by atoms with van der Waals surface area (Å²) in [5.41, 5.74) is 0. The molecule has 0 aromatic heterocycles. The Hall–Kier alpha value is 1.45. The summed E-state index contributed by atoms with van der Waals surface area (Å²) in [5.74, 6) is -0.279. The van der Waals surface area contributed by atoms with Gasteiger partial charge in [-0.05, 0) is 36.4 Å². The van der Waals surface area contributed by atoms with Crippen molar-refractivity contribution in [2.75, 3.05) is 12.3 Å². The van der Waals surface area contributed by atoms with Gasteiger partial charge >= 0.3 is 29.6 Å². The molecule has 0 unspecified atom stereocenters. The van der Waals surface area contributed by atoms with Gasteiger partial charge in [0.15, 0.2) is 0 Å². The minimum Gasteiger partial charge on any atom is -0.748 e. The molecule has 0 amide bonds. The molecule has 0 atom stereocenters. The van der Waals surface area contributed by atoms with E-state index in [0.717, 1.165) is 16.8 Å². The van der Waals surface area contributed by atoms with Crippen molar-refractivity contribution in [1.29, 1.82) is 0 Å². The molecule has 0 N–H and O–H groups in total. The topological polar surface area (TPSA) is 60.4 Å². The second kappa shape index (κ2) is 9.66. The van der Waals surface area contributed by atoms with Gasteiger partial charge in [0.2, 0.25) is 0 Å². The van der Waals surface area contributed by atoms with Crippen LogP contribution >= 0.6 is 23.6 Å². The smallest absolute Gasteiger partial charge is 0.748 e. The minimum absolute atomic E-state index is 0. The molecule has 0 aliphatic carbocycles. The zero-order valence-corrected chi connectivity index (χ0v) is 12.4. The molecule has 0 aromatic carbocycles. The summed E-state index contributed by atoms with van der Waals surface area (Å²) in [5, 5.41) is 0. The maximum atomic E-state index is 10.2. The van der Waals surface area contributed by atoms with Crippen LogP contribution in [0, 0.1) is 0 Å². The van der Waals surface area contributed by atoms with Crippen molar-refractivity contribution >= 4 is 33.7 Å². The van der Waals surface area contributed by atoms with Crippen LogP contribution < -0.4 is 29.6 Å². The summed E-state index contributed by atoms with van der Waals surface area (Å²) in [6.07, 6.45) is 2.75. The van der Waals surface area contributed by atoms with Crippen LogP contribution in [-0.2, 0) is 10.1 Å². The van der Waals surface area contributed by atoms with Crippen molar-refractivity contribution in [3.05, 3.63) is 0 Å². The fourth-order valence-corrected chi connectivity index (χ4v) is 1.66. The van der Waals surface area contributed by atoms with Crippen LogP contribution in [-0.4, -0.2) is 29.2 Å². The molecule has 80 valence electrons. The van der Waals surface area contributed by atoms with Crippen LogP contribution in [0.5, 0.6) is 0 Å². The molecule has 0 saturated carbocycles. The number of nitrogens with zero attached hydrogens (tertiary/aromatic N) is 1. The van der Waals surface area contributed by atoms with E-state index in [-0.39, 0.29) is 35.3 Å². The van der Waals surface area contributed by atoms with Gasteiger partial charge in [0.25, 0.3) is 0 Å². The van der Waals surface area contributed by atoms with Crippen LogP contribution in [0.4, 0.5) is 0 Å². The summed E-state index contributed by atoms with van der Waals surface area (Å²) in [6, 6.07) is 0. The zero-order valence-electron chi connectivity index (χ0n) is 8.08. The van der Waals surface area contributed by atoms with E-state index >= 15 is 0 Å². The van der Waals surface area contributed by atoms with Crippen molar-refractivity contribution in [2.45, 2.75) is 25.7 Å². The summed E-state index contributed by atoms with van der Waals surface area (Å²) >= 11 is 10.6. The van der Waals surface area contributed by atoms with Gasteiger partial charge in [-0.1, -0.05) is 12.8 Å². The first-order valence-electron chi connectivity index (χ1n) is 3.94. The average molecular weight is 272 g/mol. The van der Waals surface area contributed by atoms with Crippen LogP contribution in [0.1, 0.15) is 25.7 Å². The van der Waals surface area contributed by atoms with Crippen molar-refractivity contribution < 1.29 is 42.5 Å². The van der Waals surface area contributed by atoms with Crippen LogP contribution in [0.2, 0.25) is 0 Å². The monoisotopic (exact) mass is 271 g/mol. The maximum absolute atomic E-state index is 10.2. The first-order chi connectivity index (χ1) is 5.92. The Kier molecular flexibility index (Phi) is 12.3. The molecule has 14 heavy (non-hydrogen) atoms. The third-order valence-corrected chi connectivity index (χ3v) is 2.60. The number of hydrogen-bond acceptors (Lipinski definition) is 4. The predicted molar refractivity (Wildman–Crippen MR) is 51.4 cm³/mol. The molecule has 0 aromatic rings. The molecule has 0 bridgehead atoms. The standard InChI is InChI=1S/C6H13Cl2NO3S.Na/c7-9(8)5-3-1-2-4-6-13(10,11)12;/h1-6H2,(H,10,11,12);/q;+1/p-1. The van der Waals surface area contributed by atoms with E-state index < -0.39 is 10.1 Å². The Balaban J connectivity index is 0. The Labute approximate surface area is 117 Å². The predicted octanol–water partition coefficient (Wildman–Crippen LogP) is -1.29. The summed E-state index contributed by atoms with van der Waals surface area (Å²) in [4.78, 5) is 0. The second-order valence-corrected chi connectivity index (χ2v) is 5.22. The van der Waals surface area contributed by atoms with E-state index in [0.29, 0.717) is 19.4 Å². The SMILES string of the molecule is O=S(=O)([O-])CCCCCCN(Cl)Cl.[Na+]. The van der Waals surface area contributed by atoms with Gasteiger partial charge in [0, 0.05) is 12.3 Å². The molecule has 0 heterocycles. The fraction of sp³-hybridized carbons (Fsp3) is 1.00. The number of hydrogen-bond donors (Lipinski definition) is 0. The maximum Gasteiger partial charge on any atom is 1.00 e. The van der Waals surface area contributed by atoms with E-state index in [9.17, 15) is 13.0 Å². The average Bonchev–Trinajstić information content (AvgIpc) is 1.93. The minimum atomic E-state index is -4.04. The molecule has 0 saturated heterocycles. The quantitative estimate of drug-likeness (QED) is 0.250. The first-order valence-corrected chi connectivity index (χ1v) is 6.20. The summed E-state index contributed by atoms with van der Waals surface area (Å²) < 4.78 is 31.5. The normalized spacial score (nSPS) is 11.4. The van der Waals surface area contributed by atoms with Crippen molar-refractivity contribution in [3.8, 4) is 0 Å². The van der Waals surface area contributed by atoms with Crippen molar-refractivity contribution in [1.82, 2.24) is 3.94 Å². The molecule has 4 nitrogen and oxygen atoms in total. The zero-order chi connectivity index (χ0) is 10.3. The van der Waals surface area contributed by atoms with Crippen molar-refractivity contribution in [3.63, 3.8) is 0 Å². The fourth-order valence-electron chi connectivity index (χ4n) is 0.864. The molecular weight excluding hydrogens is 260 g/mol. The molecule has 0 aliphatic heterocycles. The van der Waals surface area contributed by atoms with Gasteiger partial charge in [-0.2, -0.15) is 0 Å². The molecule has 0 radical (unpaired) electrons. The van der Waals surface area contributed by atoms with Gasteiger partial charge < -0.3 is 4.55 Å². The van der Waals surface area contributed by atoms with Crippen LogP contribution in [0.15, 0.2) is 0 Å². The van der Waals surface area contributed by atoms with Crippen molar-refractivity contribution in [2.24, 2.45) is 0 Å². The Bertz CT molecular complexity index is 223. The molecule has 0 rings (SSSR count). The first kappa shape index (κ1) is 17.8. The second-order valence-electron chi connectivity index (χ2n) is 2.70. The molecule has 0 spiro atoms. The van der Waals surface area contributed by atoms with Gasteiger partial charge in [0.05, 0.1) is 10.1 Å². The number of rotatable bonds is 7. The van der Waals surface area contributed by atoms with E-state index in [1.165, 1.54) is 0 Å². The molecule has 0 aliphatic rings. The Morgan fingerprint density at radius 3 is 2.00 bits per heavy atom. The van der Waals surface area contributed by atoms with Crippen LogP contribution in [0.3, 0.4) is 0 Å². The van der Waals surface area contributed by atoms with Gasteiger partial charge in [-0.3, -0.25) is 0 Å². The number of unbranched alkanes of at least 4 members (excludes halogenated alkanes) is 3. The van der Waals surface area contributed by atoms with Gasteiger partial charge in [0.1, 0.15) is 0 Å².